The second-order valence-corrected chi connectivity index (χ2v) is 6.34. The monoisotopic (exact) mass is 350 g/mol. The minimum Gasteiger partial charge on any atom is -0.355 e. The molecule has 1 aromatic rings. The van der Waals surface area contributed by atoms with Crippen LogP contribution in [0.25, 0.3) is 0 Å². The molecule has 1 saturated heterocycles. The molecule has 6 nitrogen and oxygen atoms in total. The van der Waals surface area contributed by atoms with Crippen molar-refractivity contribution in [3.05, 3.63) is 30.1 Å². The topological polar surface area (TPSA) is 64.7 Å². The Morgan fingerprint density at radius 1 is 1.24 bits per heavy atom. The third-order valence-corrected chi connectivity index (χ3v) is 4.37. The molecular weight excluding hydrogens is 323 g/mol. The van der Waals surface area contributed by atoms with E-state index < -0.39 is 0 Å². The van der Waals surface area contributed by atoms with E-state index in [0.29, 0.717) is 18.8 Å². The Morgan fingerprint density at radius 2 is 1.96 bits per heavy atom. The largest absolute Gasteiger partial charge is 0.355 e. The molecule has 7 heteroatoms. The number of hydrogen-bond acceptors (Lipinski definition) is 4. The van der Waals surface area contributed by atoms with Gasteiger partial charge in [-0.05, 0) is 31.5 Å². The van der Waals surface area contributed by atoms with E-state index in [2.05, 4.69) is 20.4 Å². The van der Waals surface area contributed by atoms with E-state index in [1.807, 2.05) is 13.8 Å². The van der Waals surface area contributed by atoms with Gasteiger partial charge in [-0.15, -0.1) is 0 Å². The second-order valence-electron chi connectivity index (χ2n) is 6.34. The number of rotatable bonds is 7. The standard InChI is InChI=1S/C18H27FN4O2/c1-3-7-20-17(24)13-22-8-10-23(11-9-22)14(2)18(25)21-16-6-4-5-15(19)12-16/h4-6,12,14H,3,7-11,13H2,1-2H3,(H,20,24)(H,21,25). The van der Waals surface area contributed by atoms with Crippen molar-refractivity contribution in [3.63, 3.8) is 0 Å². The molecule has 1 atom stereocenters. The van der Waals surface area contributed by atoms with Gasteiger partial charge in [0.15, 0.2) is 0 Å². The molecule has 0 aromatic heterocycles. The summed E-state index contributed by atoms with van der Waals surface area (Å²) < 4.78 is 13.2. The summed E-state index contributed by atoms with van der Waals surface area (Å²) >= 11 is 0. The number of benzene rings is 1. The second kappa shape index (κ2) is 9.48. The quantitative estimate of drug-likeness (QED) is 0.778. The molecule has 2 rings (SSSR count). The molecule has 2 N–H and O–H groups in total. The molecule has 2 amide bonds. The van der Waals surface area contributed by atoms with Crippen LogP contribution in [0.5, 0.6) is 0 Å². The van der Waals surface area contributed by atoms with E-state index in [9.17, 15) is 14.0 Å². The van der Waals surface area contributed by atoms with Gasteiger partial charge in [0.2, 0.25) is 11.8 Å². The van der Waals surface area contributed by atoms with Crippen molar-refractivity contribution in [1.29, 1.82) is 0 Å². The summed E-state index contributed by atoms with van der Waals surface area (Å²) in [7, 11) is 0. The van der Waals surface area contributed by atoms with Gasteiger partial charge in [-0.3, -0.25) is 19.4 Å². The maximum absolute atomic E-state index is 13.2. The lowest BCUT2D eigenvalue weighted by Gasteiger charge is -2.37. The fourth-order valence-corrected chi connectivity index (χ4v) is 2.81. The van der Waals surface area contributed by atoms with Crippen molar-refractivity contribution in [1.82, 2.24) is 15.1 Å². The molecule has 1 heterocycles. The minimum atomic E-state index is -0.375. The maximum atomic E-state index is 13.2. The molecular formula is C18H27FN4O2. The smallest absolute Gasteiger partial charge is 0.241 e. The first kappa shape index (κ1) is 19.3. The van der Waals surface area contributed by atoms with E-state index in [1.54, 1.807) is 12.1 Å². The number of nitrogens with one attached hydrogen (secondary N) is 2. The molecule has 0 saturated carbocycles. The average Bonchev–Trinajstić information content (AvgIpc) is 2.60. The molecule has 1 aliphatic rings. The summed E-state index contributed by atoms with van der Waals surface area (Å²) in [6, 6.07) is 5.57. The van der Waals surface area contributed by atoms with Crippen molar-refractivity contribution >= 4 is 17.5 Å². The van der Waals surface area contributed by atoms with Crippen LogP contribution in [0, 0.1) is 5.82 Å². The van der Waals surface area contributed by atoms with Crippen LogP contribution in [0.2, 0.25) is 0 Å². The van der Waals surface area contributed by atoms with Gasteiger partial charge in [0.25, 0.3) is 0 Å². The zero-order valence-corrected chi connectivity index (χ0v) is 14.9. The van der Waals surface area contributed by atoms with Crippen LogP contribution in [-0.4, -0.2) is 66.9 Å². The van der Waals surface area contributed by atoms with Crippen molar-refractivity contribution < 1.29 is 14.0 Å². The third-order valence-electron chi connectivity index (χ3n) is 4.37. The van der Waals surface area contributed by atoms with Crippen molar-refractivity contribution in [2.75, 3.05) is 44.6 Å². The molecule has 0 radical (unpaired) electrons. The Kier molecular flexibility index (Phi) is 7.33. The highest BCUT2D eigenvalue weighted by molar-refractivity contribution is 5.94. The molecule has 1 aliphatic heterocycles. The summed E-state index contributed by atoms with van der Waals surface area (Å²) in [5, 5.41) is 5.62. The Hall–Kier alpha value is -1.99. The van der Waals surface area contributed by atoms with Crippen molar-refractivity contribution in [2.24, 2.45) is 0 Å². The van der Waals surface area contributed by atoms with Gasteiger partial charge >= 0.3 is 0 Å². The zero-order chi connectivity index (χ0) is 18.2. The Bertz CT molecular complexity index is 588. The number of piperazine rings is 1. The van der Waals surface area contributed by atoms with Crippen LogP contribution >= 0.6 is 0 Å². The molecule has 138 valence electrons. The highest BCUT2D eigenvalue weighted by Crippen LogP contribution is 2.12. The first-order valence-electron chi connectivity index (χ1n) is 8.79. The highest BCUT2D eigenvalue weighted by Gasteiger charge is 2.26. The predicted octanol–water partition coefficient (Wildman–Crippen LogP) is 1.30. The summed E-state index contributed by atoms with van der Waals surface area (Å²) in [5.41, 5.74) is 0.461. The summed E-state index contributed by atoms with van der Waals surface area (Å²) in [6.07, 6.45) is 0.928. The lowest BCUT2D eigenvalue weighted by Crippen LogP contribution is -2.54. The highest BCUT2D eigenvalue weighted by atomic mass is 19.1. The van der Waals surface area contributed by atoms with Gasteiger partial charge in [-0.25, -0.2) is 4.39 Å². The van der Waals surface area contributed by atoms with Crippen LogP contribution in [0.1, 0.15) is 20.3 Å². The molecule has 0 spiro atoms. The van der Waals surface area contributed by atoms with Gasteiger partial charge in [0.05, 0.1) is 12.6 Å². The number of hydrogen-bond donors (Lipinski definition) is 2. The summed E-state index contributed by atoms with van der Waals surface area (Å²) in [5.74, 6) is -0.479. The fraction of sp³-hybridized carbons (Fsp3) is 0.556. The number of carbonyl (C=O) groups excluding carboxylic acids is 2. The first-order valence-corrected chi connectivity index (χ1v) is 8.79. The lowest BCUT2D eigenvalue weighted by atomic mass is 10.2. The third kappa shape index (κ3) is 6.10. The predicted molar refractivity (Wildman–Crippen MR) is 95.8 cm³/mol. The maximum Gasteiger partial charge on any atom is 0.241 e. The van der Waals surface area contributed by atoms with Gasteiger partial charge < -0.3 is 10.6 Å². The Balaban J connectivity index is 1.77. The lowest BCUT2D eigenvalue weighted by molar-refractivity contribution is -0.124. The molecule has 0 aliphatic carbocycles. The summed E-state index contributed by atoms with van der Waals surface area (Å²) in [6.45, 7) is 7.91. The van der Waals surface area contributed by atoms with Crippen molar-refractivity contribution in [2.45, 2.75) is 26.3 Å². The van der Waals surface area contributed by atoms with Gasteiger partial charge in [0, 0.05) is 38.4 Å². The molecule has 1 aromatic carbocycles. The number of amides is 2. The SMILES string of the molecule is CCCNC(=O)CN1CCN(C(C)C(=O)Nc2cccc(F)c2)CC1. The van der Waals surface area contributed by atoms with E-state index in [1.165, 1.54) is 12.1 Å². The molecule has 25 heavy (non-hydrogen) atoms. The Morgan fingerprint density at radius 3 is 2.60 bits per heavy atom. The van der Waals surface area contributed by atoms with E-state index in [4.69, 9.17) is 0 Å². The normalized spacial score (nSPS) is 17.1. The number of carbonyl (C=O) groups is 2. The molecule has 0 bridgehead atoms. The van der Waals surface area contributed by atoms with Crippen LogP contribution in [0.4, 0.5) is 10.1 Å². The zero-order valence-electron chi connectivity index (χ0n) is 14.9. The van der Waals surface area contributed by atoms with E-state index >= 15 is 0 Å². The van der Waals surface area contributed by atoms with Crippen molar-refractivity contribution in [3.8, 4) is 0 Å². The fourth-order valence-electron chi connectivity index (χ4n) is 2.81. The minimum absolute atomic E-state index is 0.0483. The van der Waals surface area contributed by atoms with Gasteiger partial charge in [0.1, 0.15) is 5.82 Å². The first-order chi connectivity index (χ1) is 12.0. The van der Waals surface area contributed by atoms with Crippen LogP contribution in [-0.2, 0) is 9.59 Å². The molecule has 1 unspecified atom stereocenters. The van der Waals surface area contributed by atoms with E-state index in [-0.39, 0.29) is 23.7 Å². The average molecular weight is 350 g/mol. The van der Waals surface area contributed by atoms with Crippen LogP contribution in [0.3, 0.4) is 0 Å². The van der Waals surface area contributed by atoms with E-state index in [0.717, 1.165) is 32.6 Å². The van der Waals surface area contributed by atoms with Crippen LogP contribution < -0.4 is 10.6 Å². The number of anilines is 1. The number of halogens is 1. The molecule has 1 fully saturated rings. The van der Waals surface area contributed by atoms with Crippen LogP contribution in [0.15, 0.2) is 24.3 Å². The van der Waals surface area contributed by atoms with Gasteiger partial charge in [-0.1, -0.05) is 13.0 Å². The summed E-state index contributed by atoms with van der Waals surface area (Å²) in [4.78, 5) is 28.3. The Labute approximate surface area is 148 Å². The van der Waals surface area contributed by atoms with Gasteiger partial charge in [-0.2, -0.15) is 0 Å². The number of nitrogens with zero attached hydrogens (tertiary/aromatic N) is 2.